The lowest BCUT2D eigenvalue weighted by molar-refractivity contribution is -0.138. The van der Waals surface area contributed by atoms with Gasteiger partial charge in [0.15, 0.2) is 0 Å². The minimum Gasteiger partial charge on any atom is -0.481 e. The van der Waals surface area contributed by atoms with E-state index in [0.717, 1.165) is 17.7 Å². The van der Waals surface area contributed by atoms with Crippen molar-refractivity contribution in [1.82, 2.24) is 4.90 Å². The van der Waals surface area contributed by atoms with Crippen LogP contribution in [0, 0.1) is 5.92 Å². The molecule has 4 nitrogen and oxygen atoms in total. The van der Waals surface area contributed by atoms with Crippen LogP contribution in [-0.4, -0.2) is 34.5 Å². The average molecular weight is 309 g/mol. The molecule has 2 unspecified atom stereocenters. The first kappa shape index (κ1) is 16.0. The quantitative estimate of drug-likeness (QED) is 0.908. The number of hydrogen-bond donors (Lipinski definition) is 1. The van der Waals surface area contributed by atoms with Crippen LogP contribution in [0.4, 0.5) is 0 Å². The number of thiophene rings is 1. The molecule has 2 rings (SSSR count). The SMILES string of the molecule is CCN(C(=O)c1cc2c(s1)CCC(C)C2)C(C)CC(=O)O. The Hall–Kier alpha value is -1.36. The molecule has 0 fully saturated rings. The summed E-state index contributed by atoms with van der Waals surface area (Å²) in [6, 6.07) is 1.74. The van der Waals surface area contributed by atoms with Gasteiger partial charge in [-0.15, -0.1) is 11.3 Å². The molecule has 0 spiro atoms. The van der Waals surface area contributed by atoms with Crippen molar-refractivity contribution < 1.29 is 14.7 Å². The van der Waals surface area contributed by atoms with E-state index in [9.17, 15) is 9.59 Å². The summed E-state index contributed by atoms with van der Waals surface area (Å²) in [4.78, 5) is 27.2. The van der Waals surface area contributed by atoms with Crippen molar-refractivity contribution in [3.63, 3.8) is 0 Å². The first-order valence-corrected chi connectivity index (χ1v) is 8.38. The predicted octanol–water partition coefficient (Wildman–Crippen LogP) is 3.20. The minimum atomic E-state index is -0.868. The molecular formula is C16H23NO3S. The van der Waals surface area contributed by atoms with Crippen LogP contribution in [0.5, 0.6) is 0 Å². The zero-order valence-electron chi connectivity index (χ0n) is 12.9. The molecule has 1 aliphatic carbocycles. The molecule has 0 saturated heterocycles. The van der Waals surface area contributed by atoms with Crippen molar-refractivity contribution in [3.8, 4) is 0 Å². The standard InChI is InChI=1S/C16H23NO3S/c1-4-17(11(3)8-15(18)19)16(20)14-9-12-7-10(2)5-6-13(12)21-14/h9-11H,4-8H2,1-3H3,(H,18,19). The van der Waals surface area contributed by atoms with Gasteiger partial charge in [0.05, 0.1) is 11.3 Å². The van der Waals surface area contributed by atoms with Gasteiger partial charge < -0.3 is 10.0 Å². The number of carbonyl (C=O) groups excluding carboxylic acids is 1. The number of hydrogen-bond acceptors (Lipinski definition) is 3. The van der Waals surface area contributed by atoms with Gasteiger partial charge in [0, 0.05) is 17.5 Å². The number of carboxylic acid groups (broad SMARTS) is 1. The number of aryl methyl sites for hydroxylation is 1. The maximum atomic E-state index is 12.6. The zero-order chi connectivity index (χ0) is 15.6. The highest BCUT2D eigenvalue weighted by Gasteiger charge is 2.26. The van der Waals surface area contributed by atoms with E-state index in [4.69, 9.17) is 5.11 Å². The first-order valence-electron chi connectivity index (χ1n) is 7.56. The number of amides is 1. The fourth-order valence-corrected chi connectivity index (χ4v) is 4.14. The summed E-state index contributed by atoms with van der Waals surface area (Å²) in [7, 11) is 0. The summed E-state index contributed by atoms with van der Waals surface area (Å²) in [5.41, 5.74) is 1.31. The number of carbonyl (C=O) groups is 2. The van der Waals surface area contributed by atoms with Crippen LogP contribution in [0.25, 0.3) is 0 Å². The zero-order valence-corrected chi connectivity index (χ0v) is 13.7. The van der Waals surface area contributed by atoms with Gasteiger partial charge in [-0.1, -0.05) is 6.92 Å². The second kappa shape index (κ2) is 6.60. The number of nitrogens with zero attached hydrogens (tertiary/aromatic N) is 1. The van der Waals surface area contributed by atoms with E-state index in [1.807, 2.05) is 13.0 Å². The highest BCUT2D eigenvalue weighted by molar-refractivity contribution is 7.14. The summed E-state index contributed by atoms with van der Waals surface area (Å²) in [5, 5.41) is 8.91. The summed E-state index contributed by atoms with van der Waals surface area (Å²) < 4.78 is 0. The lowest BCUT2D eigenvalue weighted by Gasteiger charge is -2.26. The second-order valence-corrected chi connectivity index (χ2v) is 7.08. The first-order chi connectivity index (χ1) is 9.92. The maximum absolute atomic E-state index is 12.6. The van der Waals surface area contributed by atoms with E-state index in [2.05, 4.69) is 6.92 Å². The molecule has 0 aromatic carbocycles. The highest BCUT2D eigenvalue weighted by atomic mass is 32.1. The van der Waals surface area contributed by atoms with Crippen LogP contribution in [0.1, 0.15) is 53.7 Å². The highest BCUT2D eigenvalue weighted by Crippen LogP contribution is 2.33. The van der Waals surface area contributed by atoms with Crippen molar-refractivity contribution in [2.75, 3.05) is 6.54 Å². The molecular weight excluding hydrogens is 286 g/mol. The number of fused-ring (bicyclic) bond motifs is 1. The number of carboxylic acids is 1. The van der Waals surface area contributed by atoms with E-state index < -0.39 is 5.97 Å². The van der Waals surface area contributed by atoms with Crippen molar-refractivity contribution in [2.24, 2.45) is 5.92 Å². The molecule has 1 aromatic heterocycles. The third-order valence-electron chi connectivity index (χ3n) is 4.14. The summed E-state index contributed by atoms with van der Waals surface area (Å²) in [6.07, 6.45) is 3.29. The molecule has 1 N–H and O–H groups in total. The molecule has 1 amide bonds. The van der Waals surface area contributed by atoms with Gasteiger partial charge in [0.2, 0.25) is 0 Å². The van der Waals surface area contributed by atoms with Crippen LogP contribution >= 0.6 is 11.3 Å². The Kier molecular flexibility index (Phi) is 5.04. The Morgan fingerprint density at radius 2 is 2.24 bits per heavy atom. The molecule has 21 heavy (non-hydrogen) atoms. The fourth-order valence-electron chi connectivity index (χ4n) is 2.97. The van der Waals surface area contributed by atoms with E-state index in [1.165, 1.54) is 16.9 Å². The van der Waals surface area contributed by atoms with Crippen molar-refractivity contribution >= 4 is 23.2 Å². The minimum absolute atomic E-state index is 0.0122. The molecule has 2 atom stereocenters. The van der Waals surface area contributed by atoms with Crippen molar-refractivity contribution in [1.29, 1.82) is 0 Å². The smallest absolute Gasteiger partial charge is 0.305 e. The Morgan fingerprint density at radius 1 is 1.52 bits per heavy atom. The van der Waals surface area contributed by atoms with Crippen LogP contribution in [0.3, 0.4) is 0 Å². The van der Waals surface area contributed by atoms with Gasteiger partial charge in [0.1, 0.15) is 0 Å². The molecule has 1 heterocycles. The second-order valence-electron chi connectivity index (χ2n) is 5.95. The van der Waals surface area contributed by atoms with Gasteiger partial charge in [-0.3, -0.25) is 9.59 Å². The Balaban J connectivity index is 2.16. The normalized spacial score (nSPS) is 18.9. The van der Waals surface area contributed by atoms with Crippen LogP contribution in [0.2, 0.25) is 0 Å². The van der Waals surface area contributed by atoms with Crippen LogP contribution in [0.15, 0.2) is 6.07 Å². The molecule has 0 aliphatic heterocycles. The van der Waals surface area contributed by atoms with Gasteiger partial charge in [-0.2, -0.15) is 0 Å². The Labute approximate surface area is 129 Å². The van der Waals surface area contributed by atoms with Gasteiger partial charge in [-0.25, -0.2) is 0 Å². The third-order valence-corrected chi connectivity index (χ3v) is 5.37. The lowest BCUT2D eigenvalue weighted by Crippen LogP contribution is -2.39. The predicted molar refractivity (Wildman–Crippen MR) is 83.9 cm³/mol. The Bertz CT molecular complexity index is 538. The van der Waals surface area contributed by atoms with E-state index >= 15 is 0 Å². The monoisotopic (exact) mass is 309 g/mol. The molecule has 0 saturated carbocycles. The Morgan fingerprint density at radius 3 is 2.86 bits per heavy atom. The third kappa shape index (κ3) is 3.64. The fraction of sp³-hybridized carbons (Fsp3) is 0.625. The average Bonchev–Trinajstić information content (AvgIpc) is 2.81. The lowest BCUT2D eigenvalue weighted by atomic mass is 9.90. The van der Waals surface area contributed by atoms with Crippen molar-refractivity contribution in [2.45, 2.75) is 52.5 Å². The molecule has 5 heteroatoms. The van der Waals surface area contributed by atoms with E-state index in [0.29, 0.717) is 12.5 Å². The summed E-state index contributed by atoms with van der Waals surface area (Å²) in [6.45, 7) is 6.47. The number of rotatable bonds is 5. The summed E-state index contributed by atoms with van der Waals surface area (Å²) in [5.74, 6) is -0.213. The molecule has 0 bridgehead atoms. The maximum Gasteiger partial charge on any atom is 0.305 e. The molecule has 1 aromatic rings. The van der Waals surface area contributed by atoms with Gasteiger partial charge in [0.25, 0.3) is 5.91 Å². The van der Waals surface area contributed by atoms with Crippen LogP contribution in [-0.2, 0) is 17.6 Å². The van der Waals surface area contributed by atoms with E-state index in [-0.39, 0.29) is 18.4 Å². The van der Waals surface area contributed by atoms with Crippen molar-refractivity contribution in [3.05, 3.63) is 21.4 Å². The van der Waals surface area contributed by atoms with Gasteiger partial charge in [-0.05, 0) is 50.7 Å². The van der Waals surface area contributed by atoms with Gasteiger partial charge >= 0.3 is 5.97 Å². The number of aliphatic carboxylic acids is 1. The molecule has 116 valence electrons. The summed E-state index contributed by atoms with van der Waals surface area (Å²) >= 11 is 1.59. The van der Waals surface area contributed by atoms with Crippen LogP contribution < -0.4 is 0 Å². The molecule has 0 radical (unpaired) electrons. The topological polar surface area (TPSA) is 57.6 Å². The van der Waals surface area contributed by atoms with E-state index in [1.54, 1.807) is 23.2 Å². The largest absolute Gasteiger partial charge is 0.481 e. The molecule has 1 aliphatic rings.